The Morgan fingerprint density at radius 1 is 1.17 bits per heavy atom. The summed E-state index contributed by atoms with van der Waals surface area (Å²) in [6.07, 6.45) is 4.06. The third kappa shape index (κ3) is 2.81. The fourth-order valence-electron chi connectivity index (χ4n) is 2.89. The van der Waals surface area contributed by atoms with Gasteiger partial charge in [0.25, 0.3) is 15.9 Å². The Morgan fingerprint density at radius 2 is 2.00 bits per heavy atom. The second-order valence-corrected chi connectivity index (χ2v) is 8.32. The number of piperidine rings is 1. The molecule has 2 fully saturated rings. The Morgan fingerprint density at radius 3 is 2.74 bits per heavy atom. The molecule has 2 aromatic heterocycles. The molecule has 1 aliphatic heterocycles. The number of nitrogens with zero attached hydrogens (tertiary/aromatic N) is 3. The van der Waals surface area contributed by atoms with Crippen LogP contribution in [0.25, 0.3) is 11.7 Å². The molecule has 0 bridgehead atoms. The fourth-order valence-corrected chi connectivity index (χ4v) is 4.40. The largest absolute Gasteiger partial charge is 0.438 e. The maximum Gasteiger partial charge on any atom is 0.283 e. The van der Waals surface area contributed by atoms with Crippen LogP contribution in [0.2, 0.25) is 0 Å². The van der Waals surface area contributed by atoms with Crippen LogP contribution in [0, 0.1) is 5.92 Å². The molecule has 0 aromatic carbocycles. The normalized spacial score (nSPS) is 23.3. The van der Waals surface area contributed by atoms with E-state index in [1.54, 1.807) is 6.07 Å². The molecule has 0 N–H and O–H groups in total. The molecule has 0 radical (unpaired) electrons. The minimum Gasteiger partial charge on any atom is -0.438 e. The minimum absolute atomic E-state index is 0.0622. The van der Waals surface area contributed by atoms with Gasteiger partial charge in [-0.05, 0) is 43.7 Å². The highest BCUT2D eigenvalue weighted by atomic mass is 32.2. The van der Waals surface area contributed by atoms with Crippen molar-refractivity contribution in [3.63, 3.8) is 0 Å². The van der Waals surface area contributed by atoms with Crippen LogP contribution in [-0.2, 0) is 10.0 Å². The van der Waals surface area contributed by atoms with E-state index in [2.05, 4.69) is 17.1 Å². The number of aromatic nitrogens is 2. The van der Waals surface area contributed by atoms with Gasteiger partial charge in [-0.3, -0.25) is 0 Å². The highest BCUT2D eigenvalue weighted by Gasteiger charge is 2.33. The van der Waals surface area contributed by atoms with Gasteiger partial charge in [0.1, 0.15) is 0 Å². The number of hydrogen-bond acceptors (Lipinski definition) is 6. The fraction of sp³-hybridized carbons (Fsp3) is 0.600. The van der Waals surface area contributed by atoms with Gasteiger partial charge in [-0.2, -0.15) is 4.31 Å². The van der Waals surface area contributed by atoms with Gasteiger partial charge in [-0.1, -0.05) is 6.92 Å². The predicted molar refractivity (Wildman–Crippen MR) is 81.1 cm³/mol. The summed E-state index contributed by atoms with van der Waals surface area (Å²) in [6.45, 7) is 3.13. The molecule has 1 aliphatic carbocycles. The van der Waals surface area contributed by atoms with Crippen molar-refractivity contribution in [2.75, 3.05) is 13.1 Å². The van der Waals surface area contributed by atoms with E-state index in [9.17, 15) is 8.42 Å². The average molecular weight is 337 g/mol. The van der Waals surface area contributed by atoms with Gasteiger partial charge in [0.15, 0.2) is 5.76 Å². The van der Waals surface area contributed by atoms with Crippen molar-refractivity contribution in [1.82, 2.24) is 14.5 Å². The molecule has 23 heavy (non-hydrogen) atoms. The molecule has 0 spiro atoms. The molecule has 0 unspecified atom stereocenters. The minimum atomic E-state index is -3.60. The number of sulfonamides is 1. The third-order valence-electron chi connectivity index (χ3n) is 4.37. The molecular weight excluding hydrogens is 318 g/mol. The lowest BCUT2D eigenvalue weighted by atomic mass is 10.0. The summed E-state index contributed by atoms with van der Waals surface area (Å²) in [7, 11) is -3.60. The molecule has 1 saturated heterocycles. The lowest BCUT2D eigenvalue weighted by Crippen LogP contribution is -2.38. The van der Waals surface area contributed by atoms with Crippen LogP contribution in [0.15, 0.2) is 26.1 Å². The maximum absolute atomic E-state index is 12.7. The SMILES string of the molecule is C[C@H]1CCCN(S(=O)(=O)c2ccc(-c3nnc(C4CC4)o3)o2)C1. The lowest BCUT2D eigenvalue weighted by molar-refractivity contribution is 0.275. The van der Waals surface area contributed by atoms with Crippen molar-refractivity contribution in [2.24, 2.45) is 5.92 Å². The van der Waals surface area contributed by atoms with Crippen LogP contribution in [0.5, 0.6) is 0 Å². The number of rotatable bonds is 4. The number of hydrogen-bond donors (Lipinski definition) is 0. The molecule has 0 amide bonds. The first-order valence-corrected chi connectivity index (χ1v) is 9.42. The molecule has 7 nitrogen and oxygen atoms in total. The Hall–Kier alpha value is -1.67. The molecule has 4 rings (SSSR count). The zero-order valence-corrected chi connectivity index (χ0v) is 13.8. The summed E-state index contributed by atoms with van der Waals surface area (Å²) in [5, 5.41) is 7.88. The van der Waals surface area contributed by atoms with E-state index >= 15 is 0 Å². The predicted octanol–water partition coefficient (Wildman–Crippen LogP) is 2.63. The van der Waals surface area contributed by atoms with E-state index in [0.717, 1.165) is 25.7 Å². The van der Waals surface area contributed by atoms with E-state index in [1.807, 2.05) is 0 Å². The van der Waals surface area contributed by atoms with Gasteiger partial charge in [-0.15, -0.1) is 10.2 Å². The van der Waals surface area contributed by atoms with Crippen molar-refractivity contribution >= 4 is 10.0 Å². The monoisotopic (exact) mass is 337 g/mol. The Labute approximate surface area is 134 Å². The first-order chi connectivity index (χ1) is 11.0. The van der Waals surface area contributed by atoms with Crippen molar-refractivity contribution in [2.45, 2.75) is 43.6 Å². The molecule has 1 saturated carbocycles. The Bertz CT molecular complexity index is 806. The summed E-state index contributed by atoms with van der Waals surface area (Å²) in [5.41, 5.74) is 0. The summed E-state index contributed by atoms with van der Waals surface area (Å²) in [4.78, 5) is 0. The first-order valence-electron chi connectivity index (χ1n) is 7.98. The van der Waals surface area contributed by atoms with E-state index in [-0.39, 0.29) is 11.0 Å². The van der Waals surface area contributed by atoms with Crippen LogP contribution in [0.3, 0.4) is 0 Å². The van der Waals surface area contributed by atoms with Crippen LogP contribution in [0.1, 0.15) is 44.4 Å². The molecule has 2 aliphatic rings. The average Bonchev–Trinajstić information content (AvgIpc) is 3.06. The Kier molecular flexibility index (Phi) is 3.53. The van der Waals surface area contributed by atoms with Gasteiger partial charge in [0.05, 0.1) is 0 Å². The highest BCUT2D eigenvalue weighted by Crippen LogP contribution is 2.40. The van der Waals surface area contributed by atoms with Gasteiger partial charge in [0.2, 0.25) is 11.0 Å². The Balaban J connectivity index is 1.58. The van der Waals surface area contributed by atoms with Gasteiger partial charge >= 0.3 is 0 Å². The smallest absolute Gasteiger partial charge is 0.283 e. The summed E-state index contributed by atoms with van der Waals surface area (Å²) in [5.74, 6) is 1.85. The summed E-state index contributed by atoms with van der Waals surface area (Å²) >= 11 is 0. The maximum atomic E-state index is 12.7. The van der Waals surface area contributed by atoms with E-state index in [4.69, 9.17) is 8.83 Å². The van der Waals surface area contributed by atoms with Gasteiger partial charge < -0.3 is 8.83 Å². The standard InChI is InChI=1S/C15H19N3O4S/c1-10-3-2-8-18(9-10)23(19,20)13-7-6-12(21-13)15-17-16-14(22-15)11-4-5-11/h6-7,10-11H,2-5,8-9H2,1H3/t10-/m0/s1. The van der Waals surface area contributed by atoms with Gasteiger partial charge in [0, 0.05) is 19.0 Å². The topological polar surface area (TPSA) is 89.4 Å². The van der Waals surface area contributed by atoms with Crippen molar-refractivity contribution in [1.29, 1.82) is 0 Å². The van der Waals surface area contributed by atoms with Crippen molar-refractivity contribution in [3.8, 4) is 11.7 Å². The zero-order chi connectivity index (χ0) is 16.0. The first kappa shape index (κ1) is 14.9. The quantitative estimate of drug-likeness (QED) is 0.852. The zero-order valence-electron chi connectivity index (χ0n) is 12.9. The lowest BCUT2D eigenvalue weighted by Gasteiger charge is -2.29. The summed E-state index contributed by atoms with van der Waals surface area (Å²) in [6, 6.07) is 3.04. The second-order valence-electron chi connectivity index (χ2n) is 6.45. The van der Waals surface area contributed by atoms with Gasteiger partial charge in [-0.25, -0.2) is 8.42 Å². The molecule has 3 heterocycles. The molecule has 2 aromatic rings. The molecular formula is C15H19N3O4S. The second kappa shape index (κ2) is 5.45. The molecule has 8 heteroatoms. The van der Waals surface area contributed by atoms with Crippen LogP contribution in [-0.4, -0.2) is 36.0 Å². The van der Waals surface area contributed by atoms with Crippen molar-refractivity contribution < 1.29 is 17.3 Å². The van der Waals surface area contributed by atoms with Crippen LogP contribution < -0.4 is 0 Å². The number of furan rings is 1. The van der Waals surface area contributed by atoms with E-state index in [0.29, 0.717) is 36.6 Å². The van der Waals surface area contributed by atoms with E-state index in [1.165, 1.54) is 10.4 Å². The molecule has 1 atom stereocenters. The van der Waals surface area contributed by atoms with Crippen LogP contribution >= 0.6 is 0 Å². The van der Waals surface area contributed by atoms with E-state index < -0.39 is 10.0 Å². The summed E-state index contributed by atoms with van der Waals surface area (Å²) < 4.78 is 37.9. The third-order valence-corrected chi connectivity index (χ3v) is 6.11. The van der Waals surface area contributed by atoms with Crippen molar-refractivity contribution in [3.05, 3.63) is 18.0 Å². The molecule has 124 valence electrons. The highest BCUT2D eigenvalue weighted by molar-refractivity contribution is 7.89. The van der Waals surface area contributed by atoms with Crippen LogP contribution in [0.4, 0.5) is 0 Å².